The van der Waals surface area contributed by atoms with Crippen molar-refractivity contribution in [3.05, 3.63) is 52.1 Å². The van der Waals surface area contributed by atoms with E-state index in [1.807, 2.05) is 25.1 Å². The Kier molecular flexibility index (Phi) is 6.23. The second kappa shape index (κ2) is 9.50. The zero-order valence-electron chi connectivity index (χ0n) is 22.5. The summed E-state index contributed by atoms with van der Waals surface area (Å²) >= 11 is 0. The summed E-state index contributed by atoms with van der Waals surface area (Å²) in [5.74, 6) is -0.155. The molecule has 2 aromatic rings. The minimum Gasteiger partial charge on any atom is -0.385 e. The number of amides is 2. The van der Waals surface area contributed by atoms with Gasteiger partial charge < -0.3 is 25.8 Å². The Morgan fingerprint density at radius 1 is 1.23 bits per heavy atom. The van der Waals surface area contributed by atoms with Gasteiger partial charge in [0.05, 0.1) is 11.0 Å². The number of carbonyl (C=O) groups is 2. The van der Waals surface area contributed by atoms with Crippen molar-refractivity contribution >= 4 is 28.6 Å². The first kappa shape index (κ1) is 25.6. The van der Waals surface area contributed by atoms with Crippen LogP contribution in [0.1, 0.15) is 70.5 Å². The van der Waals surface area contributed by atoms with Gasteiger partial charge in [-0.2, -0.15) is 0 Å². The predicted octanol–water partition coefficient (Wildman–Crippen LogP) is 2.60. The van der Waals surface area contributed by atoms with E-state index in [4.69, 9.17) is 16.3 Å². The Labute approximate surface area is 227 Å². The minimum absolute atomic E-state index is 0.188. The molecule has 1 aromatic heterocycles. The number of carbonyl (C=O) groups excluding carboxylic acids is 2. The molecule has 1 aliphatic heterocycles. The molecule has 2 unspecified atom stereocenters. The molecule has 5 aliphatic rings. The quantitative estimate of drug-likeness (QED) is 0.375. The van der Waals surface area contributed by atoms with Gasteiger partial charge >= 0.3 is 0 Å². The Morgan fingerprint density at radius 2 is 1.97 bits per heavy atom. The number of hydrogen-bond acceptors (Lipinski definition) is 7. The van der Waals surface area contributed by atoms with E-state index in [2.05, 4.69) is 28.2 Å². The zero-order valence-corrected chi connectivity index (χ0v) is 22.5. The Morgan fingerprint density at radius 3 is 2.64 bits per heavy atom. The van der Waals surface area contributed by atoms with Gasteiger partial charge in [0.15, 0.2) is 18.0 Å². The first-order valence-electron chi connectivity index (χ1n) is 14.0. The van der Waals surface area contributed by atoms with Crippen LogP contribution in [0.3, 0.4) is 0 Å². The van der Waals surface area contributed by atoms with Crippen molar-refractivity contribution < 1.29 is 14.4 Å². The number of allylic oxidation sites excluding steroid dienone is 1. The van der Waals surface area contributed by atoms with Gasteiger partial charge in [-0.25, -0.2) is 4.98 Å². The molecule has 0 radical (unpaired) electrons. The third-order valence-electron chi connectivity index (χ3n) is 9.55. The van der Waals surface area contributed by atoms with Gasteiger partial charge in [-0.05, 0) is 99.9 Å². The average molecular weight is 533 g/mol. The Bertz CT molecular complexity index is 1440. The van der Waals surface area contributed by atoms with Crippen LogP contribution in [0.15, 0.2) is 46.0 Å². The molecule has 2 amide bonds. The summed E-state index contributed by atoms with van der Waals surface area (Å²) in [6.45, 7) is 3.79. The molecule has 4 aliphatic carbocycles. The highest BCUT2D eigenvalue weighted by Crippen LogP contribution is 2.82. The van der Waals surface area contributed by atoms with Crippen molar-refractivity contribution in [2.24, 2.45) is 33.9 Å². The van der Waals surface area contributed by atoms with Crippen LogP contribution in [0.2, 0.25) is 0 Å². The van der Waals surface area contributed by atoms with Crippen LogP contribution in [0.4, 0.5) is 0 Å². The lowest BCUT2D eigenvalue weighted by molar-refractivity contribution is -0.122. The molecule has 2 bridgehead atoms. The van der Waals surface area contributed by atoms with Crippen molar-refractivity contribution in [2.45, 2.75) is 76.9 Å². The number of nitrogens with two attached hydrogens (primary N) is 2. The highest BCUT2D eigenvalue weighted by atomic mass is 16.6. The van der Waals surface area contributed by atoms with E-state index in [0.717, 1.165) is 31.1 Å². The van der Waals surface area contributed by atoms with Gasteiger partial charge in [0, 0.05) is 18.1 Å². The largest absolute Gasteiger partial charge is 0.385 e. The molecule has 4 saturated carbocycles. The number of rotatable bonds is 9. The lowest BCUT2D eigenvalue weighted by Gasteiger charge is -2.63. The molecule has 7 rings (SSSR count). The fourth-order valence-corrected chi connectivity index (χ4v) is 7.29. The van der Waals surface area contributed by atoms with Crippen molar-refractivity contribution in [3.8, 4) is 0 Å². The molecule has 4 N–H and O–H groups in total. The second-order valence-electron chi connectivity index (χ2n) is 11.8. The lowest BCUT2D eigenvalue weighted by Crippen LogP contribution is -2.56. The second-order valence-corrected chi connectivity index (χ2v) is 11.8. The van der Waals surface area contributed by atoms with Gasteiger partial charge in [-0.1, -0.05) is 17.3 Å². The average Bonchev–Trinajstić information content (AvgIpc) is 3.69. The van der Waals surface area contributed by atoms with Gasteiger partial charge in [0.1, 0.15) is 0 Å². The minimum atomic E-state index is -0.982. The van der Waals surface area contributed by atoms with E-state index in [-0.39, 0.29) is 11.7 Å². The molecule has 1 saturated heterocycles. The van der Waals surface area contributed by atoms with E-state index >= 15 is 0 Å². The fraction of sp³-hybridized carbons (Fsp3) is 0.552. The highest BCUT2D eigenvalue weighted by Gasteiger charge is 2.73. The summed E-state index contributed by atoms with van der Waals surface area (Å²) in [5.41, 5.74) is 13.0. The van der Waals surface area contributed by atoms with E-state index in [9.17, 15) is 14.4 Å². The van der Waals surface area contributed by atoms with Gasteiger partial charge in [0.2, 0.25) is 0 Å². The van der Waals surface area contributed by atoms with Crippen molar-refractivity contribution in [1.82, 2.24) is 14.5 Å². The van der Waals surface area contributed by atoms with Crippen LogP contribution in [-0.4, -0.2) is 50.7 Å². The third kappa shape index (κ3) is 4.20. The summed E-state index contributed by atoms with van der Waals surface area (Å²) < 4.78 is 1.69. The first-order chi connectivity index (χ1) is 18.7. The maximum absolute atomic E-state index is 13.9. The number of aromatic nitrogens is 2. The molecule has 1 spiro atoms. The number of para-hydroxylation sites is 2. The van der Waals surface area contributed by atoms with E-state index in [0.29, 0.717) is 28.5 Å². The number of oxime groups is 1. The van der Waals surface area contributed by atoms with Crippen LogP contribution in [-0.2, 0) is 14.4 Å². The molecule has 2 heterocycles. The molecule has 5 atom stereocenters. The Hall–Kier alpha value is -3.69. The Balaban J connectivity index is 1.33. The van der Waals surface area contributed by atoms with Crippen LogP contribution in [0, 0.1) is 17.3 Å². The molecule has 10 heteroatoms. The molecule has 1 aromatic carbocycles. The normalized spacial score (nSPS) is 27.5. The van der Waals surface area contributed by atoms with Crippen LogP contribution in [0.5, 0.6) is 0 Å². The van der Waals surface area contributed by atoms with Gasteiger partial charge in [0.25, 0.3) is 17.4 Å². The van der Waals surface area contributed by atoms with E-state index in [1.54, 1.807) is 16.2 Å². The molecular formula is C29H36N6O4. The van der Waals surface area contributed by atoms with Gasteiger partial charge in [-0.15, -0.1) is 0 Å². The van der Waals surface area contributed by atoms with Crippen LogP contribution < -0.4 is 17.0 Å². The summed E-state index contributed by atoms with van der Waals surface area (Å²) in [7, 11) is 0. The van der Waals surface area contributed by atoms with Crippen molar-refractivity contribution in [2.75, 3.05) is 6.61 Å². The smallest absolute Gasteiger partial charge is 0.279 e. The number of nitrogens with zero attached hydrogens (tertiary/aromatic N) is 4. The van der Waals surface area contributed by atoms with Crippen LogP contribution >= 0.6 is 0 Å². The fourth-order valence-electron chi connectivity index (χ4n) is 7.29. The number of fused-ring (bicyclic) bond motifs is 1. The third-order valence-corrected chi connectivity index (χ3v) is 9.55. The molecular weight excluding hydrogens is 496 g/mol. The van der Waals surface area contributed by atoms with Gasteiger partial charge in [-0.3, -0.25) is 14.4 Å². The number of primary amides is 2. The number of piperidine rings is 1. The van der Waals surface area contributed by atoms with Crippen molar-refractivity contribution in [3.63, 3.8) is 0 Å². The first-order valence-corrected chi connectivity index (χ1v) is 14.0. The summed E-state index contributed by atoms with van der Waals surface area (Å²) in [6.07, 6.45) is 10.8. The highest BCUT2D eigenvalue weighted by molar-refractivity contribution is 6.44. The molecule has 10 nitrogen and oxygen atoms in total. The lowest BCUT2D eigenvalue weighted by atomic mass is 9.42. The summed E-state index contributed by atoms with van der Waals surface area (Å²) in [4.78, 5) is 49.1. The number of likely N-dealkylation sites (tertiary alicyclic amines) is 1. The van der Waals surface area contributed by atoms with Crippen LogP contribution in [0.25, 0.3) is 11.0 Å². The topological polar surface area (TPSA) is 146 Å². The van der Waals surface area contributed by atoms with E-state index < -0.39 is 29.7 Å². The number of benzene rings is 1. The van der Waals surface area contributed by atoms with Crippen molar-refractivity contribution in [1.29, 1.82) is 0 Å². The van der Waals surface area contributed by atoms with E-state index in [1.165, 1.54) is 25.7 Å². The maximum Gasteiger partial charge on any atom is 0.279 e. The molecule has 39 heavy (non-hydrogen) atoms. The molecule has 5 fully saturated rings. The molecule has 206 valence electrons. The zero-order chi connectivity index (χ0) is 27.5. The SMILES string of the molecule is C[C@H]1CCC[C@@H](C[C@H](C)n2c(=O)c(/C(=N/OCC(N)=O)C(N)=O)nc3ccccc32)N1C=C1C2CC1C21CC1. The summed E-state index contributed by atoms with van der Waals surface area (Å²) in [5, 5.41) is 3.67. The summed E-state index contributed by atoms with van der Waals surface area (Å²) in [6, 6.07) is 7.88. The predicted molar refractivity (Wildman–Crippen MR) is 146 cm³/mol. The maximum atomic E-state index is 13.9. The number of hydrogen-bond donors (Lipinski definition) is 2. The standard InChI is InChI=1S/C29H36N6O4/c1-16-6-5-7-18(34(16)14-19-20-13-21(19)29(20)10-11-29)12-17(2)35-23-9-4-3-8-22(23)32-26(28(35)38)25(27(31)37)33-39-15-24(30)36/h3-4,8-9,14,16-18,20-21H,5-7,10-13,15H2,1-2H3,(H2,30,36)(H2,31,37)/b19-14?,33-25-/t16-,17-,18-,20?,21?/m0/s1. The monoisotopic (exact) mass is 532 g/mol.